The second-order valence-electron chi connectivity index (χ2n) is 10.5. The van der Waals surface area contributed by atoms with Gasteiger partial charge in [0.05, 0.1) is 0 Å². The maximum absolute atomic E-state index is 2.66. The minimum atomic E-state index is 0.438. The van der Waals surface area contributed by atoms with Crippen molar-refractivity contribution in [2.24, 2.45) is 10.8 Å². The lowest BCUT2D eigenvalue weighted by Crippen LogP contribution is -2.47. The Balaban J connectivity index is 1.85. The Morgan fingerprint density at radius 2 is 1.58 bits per heavy atom. The van der Waals surface area contributed by atoms with Gasteiger partial charge in [0.25, 0.3) is 0 Å². The van der Waals surface area contributed by atoms with E-state index in [-0.39, 0.29) is 0 Å². The Labute approximate surface area is 162 Å². The lowest BCUT2D eigenvalue weighted by Gasteiger charge is -2.46. The number of piperazine rings is 1. The standard InChI is InChI=1S/C24H40N2/c1-7-10-25-11-13-26(14-12-25)22-9-8-19(2)15-21(22)20-16-23(3,4)18-24(5,6)17-20/h8-9,15,20H,7,10-14,16-18H2,1-6H3. The van der Waals surface area contributed by atoms with Crippen LogP contribution in [-0.4, -0.2) is 37.6 Å². The van der Waals surface area contributed by atoms with Crippen molar-refractivity contribution in [3.05, 3.63) is 29.3 Å². The van der Waals surface area contributed by atoms with Crippen LogP contribution in [0.25, 0.3) is 0 Å². The van der Waals surface area contributed by atoms with Crippen molar-refractivity contribution in [3.63, 3.8) is 0 Å². The fraction of sp³-hybridized carbons (Fsp3) is 0.750. The first kappa shape index (κ1) is 19.7. The molecule has 0 bridgehead atoms. The molecular formula is C24H40N2. The van der Waals surface area contributed by atoms with E-state index in [1.54, 1.807) is 5.56 Å². The van der Waals surface area contributed by atoms with Crippen molar-refractivity contribution >= 4 is 5.69 Å². The molecule has 0 atom stereocenters. The van der Waals surface area contributed by atoms with E-state index >= 15 is 0 Å². The molecule has 146 valence electrons. The highest BCUT2D eigenvalue weighted by atomic mass is 15.3. The molecule has 0 unspecified atom stereocenters. The van der Waals surface area contributed by atoms with E-state index in [0.29, 0.717) is 16.7 Å². The average molecular weight is 357 g/mol. The second kappa shape index (κ2) is 7.54. The SMILES string of the molecule is CCCN1CCN(c2ccc(C)cc2C2CC(C)(C)CC(C)(C)C2)CC1. The quantitative estimate of drug-likeness (QED) is 0.668. The summed E-state index contributed by atoms with van der Waals surface area (Å²) in [6.07, 6.45) is 5.25. The summed E-state index contributed by atoms with van der Waals surface area (Å²) in [6.45, 7) is 20.5. The largest absolute Gasteiger partial charge is 0.369 e. The van der Waals surface area contributed by atoms with E-state index < -0.39 is 0 Å². The van der Waals surface area contributed by atoms with Crippen LogP contribution in [0, 0.1) is 17.8 Å². The summed E-state index contributed by atoms with van der Waals surface area (Å²) in [4.78, 5) is 5.28. The number of anilines is 1. The third-order valence-electron chi connectivity index (χ3n) is 6.43. The molecule has 1 heterocycles. The molecular weight excluding hydrogens is 316 g/mol. The highest BCUT2D eigenvalue weighted by Crippen LogP contribution is 2.53. The molecule has 2 heteroatoms. The number of hydrogen-bond donors (Lipinski definition) is 0. The van der Waals surface area contributed by atoms with E-state index in [1.807, 2.05) is 0 Å². The van der Waals surface area contributed by atoms with Gasteiger partial charge in [0.15, 0.2) is 0 Å². The van der Waals surface area contributed by atoms with Crippen molar-refractivity contribution in [3.8, 4) is 0 Å². The van der Waals surface area contributed by atoms with Gasteiger partial charge in [-0.3, -0.25) is 4.90 Å². The molecule has 1 aromatic rings. The van der Waals surface area contributed by atoms with Crippen molar-refractivity contribution in [1.82, 2.24) is 4.90 Å². The Morgan fingerprint density at radius 1 is 0.962 bits per heavy atom. The summed E-state index contributed by atoms with van der Waals surface area (Å²) < 4.78 is 0. The average Bonchev–Trinajstić information content (AvgIpc) is 2.53. The Morgan fingerprint density at radius 3 is 2.15 bits per heavy atom. The summed E-state index contributed by atoms with van der Waals surface area (Å²) in [6, 6.07) is 7.22. The smallest absolute Gasteiger partial charge is 0.0402 e. The minimum absolute atomic E-state index is 0.438. The van der Waals surface area contributed by atoms with Gasteiger partial charge in [-0.1, -0.05) is 52.3 Å². The van der Waals surface area contributed by atoms with E-state index in [1.165, 1.54) is 69.7 Å². The maximum Gasteiger partial charge on any atom is 0.0402 e. The lowest BCUT2D eigenvalue weighted by atomic mass is 9.60. The third kappa shape index (κ3) is 4.63. The van der Waals surface area contributed by atoms with Gasteiger partial charge in [0.1, 0.15) is 0 Å². The van der Waals surface area contributed by atoms with Crippen LogP contribution in [0.1, 0.15) is 77.3 Å². The van der Waals surface area contributed by atoms with Crippen LogP contribution in [-0.2, 0) is 0 Å². The first-order valence-electron chi connectivity index (χ1n) is 10.8. The van der Waals surface area contributed by atoms with Crippen molar-refractivity contribution in [2.45, 2.75) is 73.1 Å². The van der Waals surface area contributed by atoms with Gasteiger partial charge in [-0.05, 0) is 67.5 Å². The van der Waals surface area contributed by atoms with Gasteiger partial charge in [0.2, 0.25) is 0 Å². The number of hydrogen-bond acceptors (Lipinski definition) is 2. The van der Waals surface area contributed by atoms with Crippen molar-refractivity contribution in [2.75, 3.05) is 37.6 Å². The van der Waals surface area contributed by atoms with Crippen molar-refractivity contribution in [1.29, 1.82) is 0 Å². The van der Waals surface area contributed by atoms with Crippen LogP contribution in [0.5, 0.6) is 0 Å². The lowest BCUT2D eigenvalue weighted by molar-refractivity contribution is 0.0969. The summed E-state index contributed by atoms with van der Waals surface area (Å²) in [5.74, 6) is 0.692. The molecule has 26 heavy (non-hydrogen) atoms. The number of aryl methyl sites for hydroxylation is 1. The summed E-state index contributed by atoms with van der Waals surface area (Å²) in [7, 11) is 0. The van der Waals surface area contributed by atoms with Gasteiger partial charge in [-0.2, -0.15) is 0 Å². The number of benzene rings is 1. The molecule has 1 saturated heterocycles. The van der Waals surface area contributed by atoms with Gasteiger partial charge in [-0.25, -0.2) is 0 Å². The predicted octanol–water partition coefficient (Wildman–Crippen LogP) is 5.85. The topological polar surface area (TPSA) is 6.48 Å². The highest BCUT2D eigenvalue weighted by Gasteiger charge is 2.40. The molecule has 0 amide bonds. The van der Waals surface area contributed by atoms with Crippen LogP contribution < -0.4 is 4.90 Å². The first-order chi connectivity index (χ1) is 12.2. The summed E-state index contributed by atoms with van der Waals surface area (Å²) in [5.41, 5.74) is 5.43. The fourth-order valence-corrected chi connectivity index (χ4v) is 5.88. The first-order valence-corrected chi connectivity index (χ1v) is 10.8. The van der Waals surface area contributed by atoms with Crippen LogP contribution >= 0.6 is 0 Å². The van der Waals surface area contributed by atoms with Crippen LogP contribution in [0.2, 0.25) is 0 Å². The monoisotopic (exact) mass is 356 g/mol. The number of rotatable bonds is 4. The third-order valence-corrected chi connectivity index (χ3v) is 6.43. The molecule has 3 rings (SSSR count). The fourth-order valence-electron chi connectivity index (χ4n) is 5.88. The maximum atomic E-state index is 2.66. The Hall–Kier alpha value is -1.02. The molecule has 0 aromatic heterocycles. The molecule has 0 radical (unpaired) electrons. The van der Waals surface area contributed by atoms with Gasteiger partial charge in [-0.15, -0.1) is 0 Å². The molecule has 0 N–H and O–H groups in total. The van der Waals surface area contributed by atoms with Gasteiger partial charge in [0, 0.05) is 31.9 Å². The van der Waals surface area contributed by atoms with E-state index in [0.717, 1.165) is 0 Å². The van der Waals surface area contributed by atoms with Crippen molar-refractivity contribution < 1.29 is 0 Å². The molecule has 0 spiro atoms. The zero-order valence-electron chi connectivity index (χ0n) is 18.1. The summed E-state index contributed by atoms with van der Waals surface area (Å²) in [5, 5.41) is 0. The molecule has 2 nitrogen and oxygen atoms in total. The zero-order valence-corrected chi connectivity index (χ0v) is 18.1. The minimum Gasteiger partial charge on any atom is -0.369 e. The molecule has 2 fully saturated rings. The van der Waals surface area contributed by atoms with Gasteiger partial charge >= 0.3 is 0 Å². The molecule has 1 aliphatic heterocycles. The van der Waals surface area contributed by atoms with E-state index in [9.17, 15) is 0 Å². The second-order valence-corrected chi connectivity index (χ2v) is 10.5. The summed E-state index contributed by atoms with van der Waals surface area (Å²) >= 11 is 0. The Bertz CT molecular complexity index is 593. The van der Waals surface area contributed by atoms with Crippen LogP contribution in [0.3, 0.4) is 0 Å². The zero-order chi connectivity index (χ0) is 18.9. The molecule has 1 saturated carbocycles. The Kier molecular flexibility index (Phi) is 5.72. The van der Waals surface area contributed by atoms with Crippen LogP contribution in [0.15, 0.2) is 18.2 Å². The normalized spacial score (nSPS) is 24.0. The molecule has 2 aliphatic rings. The van der Waals surface area contributed by atoms with E-state index in [2.05, 4.69) is 69.5 Å². The molecule has 1 aromatic carbocycles. The van der Waals surface area contributed by atoms with E-state index in [4.69, 9.17) is 0 Å². The number of nitrogens with zero attached hydrogens (tertiary/aromatic N) is 2. The predicted molar refractivity (Wildman–Crippen MR) is 114 cm³/mol. The van der Waals surface area contributed by atoms with Gasteiger partial charge < -0.3 is 4.90 Å². The van der Waals surface area contributed by atoms with Crippen LogP contribution in [0.4, 0.5) is 5.69 Å². The highest BCUT2D eigenvalue weighted by molar-refractivity contribution is 5.57. The molecule has 1 aliphatic carbocycles.